The van der Waals surface area contributed by atoms with Gasteiger partial charge in [0.1, 0.15) is 5.76 Å². The van der Waals surface area contributed by atoms with E-state index in [1.807, 2.05) is 16.8 Å². The van der Waals surface area contributed by atoms with Gasteiger partial charge in [0.05, 0.1) is 6.54 Å². The molecule has 0 spiro atoms. The molecule has 8 heteroatoms. The van der Waals surface area contributed by atoms with Crippen LogP contribution in [0.4, 0.5) is 0 Å². The van der Waals surface area contributed by atoms with E-state index in [1.165, 1.54) is 11.0 Å². The summed E-state index contributed by atoms with van der Waals surface area (Å²) in [6.45, 7) is 0.575. The molecule has 0 aliphatic rings. The normalized spacial score (nSPS) is 10.6. The standard InChI is InChI=1S/C17H17N3O4S/c1-19(9-13-5-8-25-12-13)16(21)11-23-17(22)15-4-3-14(24-15)10-20-7-2-6-18-20/h2-8,12H,9-11H2,1H3. The predicted octanol–water partition coefficient (Wildman–Crippen LogP) is 2.40. The van der Waals surface area contributed by atoms with Crippen LogP contribution in [0.1, 0.15) is 21.9 Å². The number of furan rings is 1. The van der Waals surface area contributed by atoms with Crippen molar-refractivity contribution in [3.8, 4) is 0 Å². The zero-order chi connectivity index (χ0) is 17.6. The summed E-state index contributed by atoms with van der Waals surface area (Å²) in [7, 11) is 1.67. The van der Waals surface area contributed by atoms with Crippen molar-refractivity contribution in [1.29, 1.82) is 0 Å². The van der Waals surface area contributed by atoms with Crippen LogP contribution in [-0.4, -0.2) is 40.2 Å². The summed E-state index contributed by atoms with van der Waals surface area (Å²) in [6, 6.07) is 6.96. The third-order valence-electron chi connectivity index (χ3n) is 3.49. The molecule has 0 aromatic carbocycles. The van der Waals surface area contributed by atoms with Crippen molar-refractivity contribution in [2.45, 2.75) is 13.1 Å². The fourth-order valence-electron chi connectivity index (χ4n) is 2.18. The summed E-state index contributed by atoms with van der Waals surface area (Å²) < 4.78 is 12.2. The van der Waals surface area contributed by atoms with E-state index in [2.05, 4.69) is 5.10 Å². The van der Waals surface area contributed by atoms with E-state index in [0.717, 1.165) is 5.56 Å². The molecule has 7 nitrogen and oxygen atoms in total. The Hall–Kier alpha value is -2.87. The van der Waals surface area contributed by atoms with E-state index >= 15 is 0 Å². The van der Waals surface area contributed by atoms with E-state index < -0.39 is 5.97 Å². The predicted molar refractivity (Wildman–Crippen MR) is 91.1 cm³/mol. The number of carbonyl (C=O) groups excluding carboxylic acids is 2. The Morgan fingerprint density at radius 1 is 1.36 bits per heavy atom. The SMILES string of the molecule is CN(Cc1ccsc1)C(=O)COC(=O)c1ccc(Cn2cccn2)o1. The summed E-state index contributed by atoms with van der Waals surface area (Å²) in [4.78, 5) is 25.5. The van der Waals surface area contributed by atoms with E-state index in [4.69, 9.17) is 9.15 Å². The number of rotatable bonds is 7. The highest BCUT2D eigenvalue weighted by Crippen LogP contribution is 2.11. The largest absolute Gasteiger partial charge is 0.452 e. The quantitative estimate of drug-likeness (QED) is 0.606. The lowest BCUT2D eigenvalue weighted by Gasteiger charge is -2.16. The third-order valence-corrected chi connectivity index (χ3v) is 4.22. The maximum atomic E-state index is 12.0. The van der Waals surface area contributed by atoms with Gasteiger partial charge in [-0.2, -0.15) is 16.4 Å². The van der Waals surface area contributed by atoms with E-state index in [9.17, 15) is 9.59 Å². The third kappa shape index (κ3) is 4.57. The molecule has 0 saturated carbocycles. The second-order valence-electron chi connectivity index (χ2n) is 5.43. The number of nitrogens with zero attached hydrogens (tertiary/aromatic N) is 3. The van der Waals surface area contributed by atoms with Gasteiger partial charge in [0, 0.05) is 26.0 Å². The van der Waals surface area contributed by atoms with Crippen molar-refractivity contribution < 1.29 is 18.7 Å². The van der Waals surface area contributed by atoms with Gasteiger partial charge in [0.2, 0.25) is 5.76 Å². The lowest BCUT2D eigenvalue weighted by Crippen LogP contribution is -2.30. The van der Waals surface area contributed by atoms with Gasteiger partial charge in [-0.15, -0.1) is 0 Å². The molecule has 0 aliphatic heterocycles. The van der Waals surface area contributed by atoms with Crippen molar-refractivity contribution >= 4 is 23.2 Å². The molecule has 25 heavy (non-hydrogen) atoms. The van der Waals surface area contributed by atoms with Crippen molar-refractivity contribution in [1.82, 2.24) is 14.7 Å². The molecular formula is C17H17N3O4S. The first-order chi connectivity index (χ1) is 12.1. The van der Waals surface area contributed by atoms with Gasteiger partial charge in [0.25, 0.3) is 5.91 Å². The summed E-state index contributed by atoms with van der Waals surface area (Å²) in [5, 5.41) is 7.99. The zero-order valence-corrected chi connectivity index (χ0v) is 14.4. The van der Waals surface area contributed by atoms with E-state index in [0.29, 0.717) is 18.8 Å². The minimum absolute atomic E-state index is 0.0652. The summed E-state index contributed by atoms with van der Waals surface area (Å²) >= 11 is 1.57. The summed E-state index contributed by atoms with van der Waals surface area (Å²) in [5.41, 5.74) is 1.04. The van der Waals surface area contributed by atoms with Crippen LogP contribution in [0, 0.1) is 0 Å². The number of ether oxygens (including phenoxy) is 1. The van der Waals surface area contributed by atoms with Crippen molar-refractivity contribution in [2.24, 2.45) is 0 Å². The number of carbonyl (C=O) groups is 2. The lowest BCUT2D eigenvalue weighted by atomic mass is 10.3. The molecule has 3 aromatic rings. The monoisotopic (exact) mass is 359 g/mol. The molecule has 3 rings (SSSR count). The molecule has 3 heterocycles. The topological polar surface area (TPSA) is 77.6 Å². The maximum Gasteiger partial charge on any atom is 0.374 e. The Balaban J connectivity index is 1.48. The molecule has 0 N–H and O–H groups in total. The average molecular weight is 359 g/mol. The first-order valence-corrected chi connectivity index (χ1v) is 8.54. The van der Waals surface area contributed by atoms with Gasteiger partial charge >= 0.3 is 5.97 Å². The van der Waals surface area contributed by atoms with Gasteiger partial charge in [-0.1, -0.05) is 0 Å². The van der Waals surface area contributed by atoms with Crippen LogP contribution in [0.25, 0.3) is 0 Å². The molecular weight excluding hydrogens is 342 g/mol. The fraction of sp³-hybridized carbons (Fsp3) is 0.235. The van der Waals surface area contributed by atoms with Crippen LogP contribution in [0.5, 0.6) is 0 Å². The molecule has 0 unspecified atom stereocenters. The van der Waals surface area contributed by atoms with Crippen molar-refractivity contribution in [3.63, 3.8) is 0 Å². The summed E-state index contributed by atoms with van der Waals surface area (Å²) in [5.74, 6) is -0.293. The molecule has 130 valence electrons. The molecule has 0 bridgehead atoms. The molecule has 0 fully saturated rings. The maximum absolute atomic E-state index is 12.0. The van der Waals surface area contributed by atoms with Gasteiger partial charge in [-0.3, -0.25) is 9.48 Å². The van der Waals surface area contributed by atoms with E-state index in [1.54, 1.807) is 47.6 Å². The Labute approximate surface area is 148 Å². The van der Waals surface area contributed by atoms with Gasteiger partial charge in [-0.05, 0) is 40.6 Å². The van der Waals surface area contributed by atoms with Crippen LogP contribution in [0.3, 0.4) is 0 Å². The molecule has 0 saturated heterocycles. The highest BCUT2D eigenvalue weighted by atomic mass is 32.1. The van der Waals surface area contributed by atoms with Crippen LogP contribution in [0.15, 0.2) is 51.8 Å². The Morgan fingerprint density at radius 2 is 2.24 bits per heavy atom. The highest BCUT2D eigenvalue weighted by molar-refractivity contribution is 7.07. The van der Waals surface area contributed by atoms with Crippen LogP contribution in [0.2, 0.25) is 0 Å². The minimum atomic E-state index is -0.663. The first kappa shape index (κ1) is 17.0. The number of hydrogen-bond donors (Lipinski definition) is 0. The molecule has 0 atom stereocenters. The Bertz CT molecular complexity index is 824. The van der Waals surface area contributed by atoms with E-state index in [-0.39, 0.29) is 18.3 Å². The second-order valence-corrected chi connectivity index (χ2v) is 6.21. The Kier molecular flexibility index (Phi) is 5.30. The van der Waals surface area contributed by atoms with Gasteiger partial charge < -0.3 is 14.1 Å². The summed E-state index contributed by atoms with van der Waals surface area (Å²) in [6.07, 6.45) is 3.46. The number of thiophene rings is 1. The fourth-order valence-corrected chi connectivity index (χ4v) is 2.84. The Morgan fingerprint density at radius 3 is 2.96 bits per heavy atom. The van der Waals surface area contributed by atoms with Crippen LogP contribution in [-0.2, 0) is 22.6 Å². The average Bonchev–Trinajstić information content (AvgIpc) is 3.35. The van der Waals surface area contributed by atoms with Crippen molar-refractivity contribution in [2.75, 3.05) is 13.7 Å². The first-order valence-electron chi connectivity index (χ1n) is 7.60. The van der Waals surface area contributed by atoms with Gasteiger partial charge in [0.15, 0.2) is 6.61 Å². The number of amides is 1. The number of esters is 1. The lowest BCUT2D eigenvalue weighted by molar-refractivity contribution is -0.133. The highest BCUT2D eigenvalue weighted by Gasteiger charge is 2.17. The number of hydrogen-bond acceptors (Lipinski definition) is 6. The molecule has 0 radical (unpaired) electrons. The number of likely N-dealkylation sites (N-methyl/N-ethyl adjacent to an activating group) is 1. The zero-order valence-electron chi connectivity index (χ0n) is 13.6. The minimum Gasteiger partial charge on any atom is -0.452 e. The van der Waals surface area contributed by atoms with Crippen molar-refractivity contribution in [3.05, 3.63) is 64.5 Å². The smallest absolute Gasteiger partial charge is 0.374 e. The molecule has 3 aromatic heterocycles. The molecule has 1 amide bonds. The second kappa shape index (κ2) is 7.80. The van der Waals surface area contributed by atoms with Crippen LogP contribution >= 0.6 is 11.3 Å². The number of aromatic nitrogens is 2. The van der Waals surface area contributed by atoms with Crippen LogP contribution < -0.4 is 0 Å². The van der Waals surface area contributed by atoms with Gasteiger partial charge in [-0.25, -0.2) is 4.79 Å². The molecule has 0 aliphatic carbocycles.